The molecule has 0 aliphatic carbocycles. The van der Waals surface area contributed by atoms with E-state index in [1.54, 1.807) is 6.92 Å². The number of anilines is 1. The van der Waals surface area contributed by atoms with Crippen LogP contribution >= 0.6 is 0 Å². The summed E-state index contributed by atoms with van der Waals surface area (Å²) >= 11 is 0. The smallest absolute Gasteiger partial charge is 0.219 e. The highest BCUT2D eigenvalue weighted by molar-refractivity contribution is 5.91. The van der Waals surface area contributed by atoms with Crippen molar-refractivity contribution in [3.05, 3.63) is 17.1 Å². The molecule has 0 aliphatic heterocycles. The first kappa shape index (κ1) is 13.3. The standard InChI is InChI=1S/C13H19N5O/c1-6(5-10(14)19)18-8(3)7(2)11-12(15)16-9(4)17-13(11)18/h6H,5H2,1-4H3,(H2,14,19)(H2,15,16,17). The first-order valence-corrected chi connectivity index (χ1v) is 6.22. The Kier molecular flexibility index (Phi) is 3.18. The van der Waals surface area contributed by atoms with Gasteiger partial charge in [0.25, 0.3) is 0 Å². The molecule has 102 valence electrons. The summed E-state index contributed by atoms with van der Waals surface area (Å²) in [5, 5.41) is 0.861. The Hall–Kier alpha value is -2.11. The predicted octanol–water partition coefficient (Wildman–Crippen LogP) is 1.38. The first-order valence-electron chi connectivity index (χ1n) is 6.22. The molecule has 1 unspecified atom stereocenters. The maximum atomic E-state index is 11.1. The summed E-state index contributed by atoms with van der Waals surface area (Å²) in [6.07, 6.45) is 0.271. The van der Waals surface area contributed by atoms with Crippen LogP contribution in [0.15, 0.2) is 0 Å². The van der Waals surface area contributed by atoms with Crippen LogP contribution in [0.4, 0.5) is 5.82 Å². The van der Waals surface area contributed by atoms with Gasteiger partial charge in [-0.05, 0) is 33.3 Å². The van der Waals surface area contributed by atoms with Crippen molar-refractivity contribution in [2.75, 3.05) is 5.73 Å². The van der Waals surface area contributed by atoms with E-state index in [9.17, 15) is 4.79 Å². The van der Waals surface area contributed by atoms with Crippen LogP contribution in [0.2, 0.25) is 0 Å². The SMILES string of the molecule is Cc1nc(N)c2c(C)c(C)n(C(C)CC(N)=O)c2n1. The molecule has 2 rings (SSSR count). The highest BCUT2D eigenvalue weighted by Crippen LogP contribution is 2.31. The second-order valence-electron chi connectivity index (χ2n) is 4.95. The van der Waals surface area contributed by atoms with Gasteiger partial charge in [0.15, 0.2) is 0 Å². The molecule has 0 saturated heterocycles. The zero-order valence-corrected chi connectivity index (χ0v) is 11.7. The van der Waals surface area contributed by atoms with Crippen molar-refractivity contribution in [2.24, 2.45) is 5.73 Å². The lowest BCUT2D eigenvalue weighted by atomic mass is 10.2. The van der Waals surface area contributed by atoms with Gasteiger partial charge >= 0.3 is 0 Å². The molecule has 1 amide bonds. The number of aromatic nitrogens is 3. The summed E-state index contributed by atoms with van der Waals surface area (Å²) in [4.78, 5) is 19.8. The van der Waals surface area contributed by atoms with Gasteiger partial charge in [-0.2, -0.15) is 0 Å². The van der Waals surface area contributed by atoms with E-state index in [1.165, 1.54) is 0 Å². The first-order chi connectivity index (χ1) is 8.82. The molecule has 0 radical (unpaired) electrons. The van der Waals surface area contributed by atoms with Gasteiger partial charge < -0.3 is 16.0 Å². The number of primary amides is 1. The zero-order chi connectivity index (χ0) is 14.3. The predicted molar refractivity (Wildman–Crippen MR) is 74.7 cm³/mol. The van der Waals surface area contributed by atoms with Crippen LogP contribution in [-0.2, 0) is 4.79 Å². The molecule has 0 aromatic carbocycles. The second kappa shape index (κ2) is 4.53. The fourth-order valence-corrected chi connectivity index (χ4v) is 2.56. The van der Waals surface area contributed by atoms with E-state index in [-0.39, 0.29) is 18.4 Å². The van der Waals surface area contributed by atoms with Gasteiger partial charge in [-0.15, -0.1) is 0 Å². The third-order valence-corrected chi connectivity index (χ3v) is 3.47. The minimum atomic E-state index is -0.329. The summed E-state index contributed by atoms with van der Waals surface area (Å²) in [6.45, 7) is 7.73. The number of carbonyl (C=O) groups is 1. The Labute approximate surface area is 111 Å². The summed E-state index contributed by atoms with van der Waals surface area (Å²) in [6, 6.07) is -0.0533. The highest BCUT2D eigenvalue weighted by atomic mass is 16.1. The number of fused-ring (bicyclic) bond motifs is 1. The zero-order valence-electron chi connectivity index (χ0n) is 11.7. The lowest BCUT2D eigenvalue weighted by molar-refractivity contribution is -0.118. The molecule has 0 bridgehead atoms. The Morgan fingerprint density at radius 3 is 2.53 bits per heavy atom. The van der Waals surface area contributed by atoms with Gasteiger partial charge in [0.2, 0.25) is 5.91 Å². The maximum Gasteiger partial charge on any atom is 0.219 e. The average Bonchev–Trinajstić information content (AvgIpc) is 2.50. The third-order valence-electron chi connectivity index (χ3n) is 3.47. The van der Waals surface area contributed by atoms with Crippen LogP contribution in [0.3, 0.4) is 0 Å². The van der Waals surface area contributed by atoms with E-state index in [4.69, 9.17) is 11.5 Å². The number of nitrogens with zero attached hydrogens (tertiary/aromatic N) is 3. The van der Waals surface area contributed by atoms with Crippen molar-refractivity contribution in [3.63, 3.8) is 0 Å². The number of hydrogen-bond donors (Lipinski definition) is 2. The van der Waals surface area contributed by atoms with Crippen molar-refractivity contribution in [2.45, 2.75) is 40.2 Å². The summed E-state index contributed by atoms with van der Waals surface area (Å²) < 4.78 is 2.01. The van der Waals surface area contributed by atoms with E-state index in [0.29, 0.717) is 11.6 Å². The average molecular weight is 261 g/mol. The topological polar surface area (TPSA) is 99.8 Å². The molecule has 0 saturated carbocycles. The van der Waals surface area contributed by atoms with Crippen LogP contribution in [0.25, 0.3) is 11.0 Å². The summed E-state index contributed by atoms with van der Waals surface area (Å²) in [5.74, 6) is 0.772. The minimum Gasteiger partial charge on any atom is -0.383 e. The summed E-state index contributed by atoms with van der Waals surface area (Å²) in [7, 11) is 0. The molecule has 2 heterocycles. The van der Waals surface area contributed by atoms with E-state index < -0.39 is 0 Å². The fraction of sp³-hybridized carbons (Fsp3) is 0.462. The van der Waals surface area contributed by atoms with Crippen LogP contribution < -0.4 is 11.5 Å². The second-order valence-corrected chi connectivity index (χ2v) is 4.95. The van der Waals surface area contributed by atoms with Crippen molar-refractivity contribution in [1.29, 1.82) is 0 Å². The Bertz CT molecular complexity index is 659. The molecule has 6 nitrogen and oxygen atoms in total. The molecule has 0 spiro atoms. The maximum absolute atomic E-state index is 11.1. The number of hydrogen-bond acceptors (Lipinski definition) is 4. The van der Waals surface area contributed by atoms with E-state index in [2.05, 4.69) is 9.97 Å². The number of amides is 1. The van der Waals surface area contributed by atoms with Crippen LogP contribution in [0.1, 0.15) is 36.5 Å². The summed E-state index contributed by atoms with van der Waals surface area (Å²) in [5.41, 5.74) is 14.1. The Morgan fingerprint density at radius 2 is 1.95 bits per heavy atom. The van der Waals surface area contributed by atoms with Gasteiger partial charge in [0.05, 0.1) is 5.39 Å². The van der Waals surface area contributed by atoms with Crippen LogP contribution in [0.5, 0.6) is 0 Å². The molecule has 0 fully saturated rings. The molecule has 1 atom stereocenters. The molecule has 6 heteroatoms. The number of nitrogens with two attached hydrogens (primary N) is 2. The molecule has 0 aliphatic rings. The molecule has 19 heavy (non-hydrogen) atoms. The van der Waals surface area contributed by atoms with E-state index in [0.717, 1.165) is 22.3 Å². The van der Waals surface area contributed by atoms with E-state index in [1.807, 2.05) is 25.3 Å². The normalized spacial score (nSPS) is 12.8. The Morgan fingerprint density at radius 1 is 1.32 bits per heavy atom. The van der Waals surface area contributed by atoms with Gasteiger partial charge in [0, 0.05) is 18.2 Å². The Balaban J connectivity index is 2.73. The molecule has 2 aromatic rings. The van der Waals surface area contributed by atoms with Crippen LogP contribution in [-0.4, -0.2) is 20.4 Å². The minimum absolute atomic E-state index is 0.0533. The number of aryl methyl sites for hydroxylation is 2. The lowest BCUT2D eigenvalue weighted by Gasteiger charge is -2.15. The highest BCUT2D eigenvalue weighted by Gasteiger charge is 2.20. The van der Waals surface area contributed by atoms with Gasteiger partial charge in [0.1, 0.15) is 17.3 Å². The largest absolute Gasteiger partial charge is 0.383 e. The van der Waals surface area contributed by atoms with Crippen LogP contribution in [0, 0.1) is 20.8 Å². The monoisotopic (exact) mass is 261 g/mol. The quantitative estimate of drug-likeness (QED) is 0.871. The lowest BCUT2D eigenvalue weighted by Crippen LogP contribution is -2.18. The van der Waals surface area contributed by atoms with Crippen molar-refractivity contribution >= 4 is 22.8 Å². The third kappa shape index (κ3) is 2.14. The number of carbonyl (C=O) groups excluding carboxylic acids is 1. The number of nitrogen functional groups attached to an aromatic ring is 1. The fourth-order valence-electron chi connectivity index (χ4n) is 2.56. The molecule has 4 N–H and O–H groups in total. The van der Waals surface area contributed by atoms with E-state index >= 15 is 0 Å². The van der Waals surface area contributed by atoms with Crippen molar-refractivity contribution < 1.29 is 4.79 Å². The van der Waals surface area contributed by atoms with Crippen molar-refractivity contribution in [3.8, 4) is 0 Å². The molecular weight excluding hydrogens is 242 g/mol. The van der Waals surface area contributed by atoms with Gasteiger partial charge in [-0.3, -0.25) is 4.79 Å². The van der Waals surface area contributed by atoms with Gasteiger partial charge in [-0.25, -0.2) is 9.97 Å². The van der Waals surface area contributed by atoms with Crippen molar-refractivity contribution in [1.82, 2.24) is 14.5 Å². The molecular formula is C13H19N5O. The number of rotatable bonds is 3. The van der Waals surface area contributed by atoms with Gasteiger partial charge in [-0.1, -0.05) is 0 Å². The molecule has 2 aromatic heterocycles.